The van der Waals surface area contributed by atoms with Gasteiger partial charge in [-0.05, 0) is 19.1 Å². The number of aryl methyl sites for hydroxylation is 1. The molecule has 1 amide bonds. The Morgan fingerprint density at radius 2 is 2.27 bits per heavy atom. The third-order valence-corrected chi connectivity index (χ3v) is 5.66. The Hall–Kier alpha value is -1.99. The number of amides is 1. The molecule has 7 heteroatoms. The SMILES string of the molecule is Cc1nc(C(C)C)sc1C(=O)N[C@@H]1COCC[C@@H]1Oc1cccc(F)c1. The molecule has 0 spiro atoms. The van der Waals surface area contributed by atoms with Crippen LogP contribution >= 0.6 is 11.3 Å². The van der Waals surface area contributed by atoms with Crippen molar-refractivity contribution in [2.75, 3.05) is 13.2 Å². The summed E-state index contributed by atoms with van der Waals surface area (Å²) >= 11 is 1.42. The molecule has 1 aromatic heterocycles. The molecule has 1 fully saturated rings. The summed E-state index contributed by atoms with van der Waals surface area (Å²) in [6.45, 7) is 6.86. The van der Waals surface area contributed by atoms with E-state index in [2.05, 4.69) is 24.1 Å². The van der Waals surface area contributed by atoms with Crippen molar-refractivity contribution in [1.82, 2.24) is 10.3 Å². The van der Waals surface area contributed by atoms with Gasteiger partial charge < -0.3 is 14.8 Å². The summed E-state index contributed by atoms with van der Waals surface area (Å²) in [5.74, 6) is 0.210. The van der Waals surface area contributed by atoms with Crippen molar-refractivity contribution in [3.63, 3.8) is 0 Å². The number of carbonyl (C=O) groups is 1. The minimum absolute atomic E-state index is 0.171. The first-order valence-corrected chi connectivity index (χ1v) is 9.54. The average Bonchev–Trinajstić information content (AvgIpc) is 2.99. The highest BCUT2D eigenvalue weighted by Gasteiger charge is 2.30. The molecular formula is C19H23FN2O3S. The van der Waals surface area contributed by atoms with E-state index in [1.807, 2.05) is 6.92 Å². The molecule has 1 N–H and O–H groups in total. The van der Waals surface area contributed by atoms with E-state index < -0.39 is 0 Å². The van der Waals surface area contributed by atoms with Crippen molar-refractivity contribution in [3.05, 3.63) is 45.7 Å². The molecule has 0 radical (unpaired) electrons. The highest BCUT2D eigenvalue weighted by molar-refractivity contribution is 7.13. The molecule has 26 heavy (non-hydrogen) atoms. The van der Waals surface area contributed by atoms with Crippen LogP contribution < -0.4 is 10.1 Å². The Bertz CT molecular complexity index is 778. The average molecular weight is 378 g/mol. The van der Waals surface area contributed by atoms with Crippen molar-refractivity contribution in [3.8, 4) is 5.75 Å². The number of nitrogens with zero attached hydrogens (tertiary/aromatic N) is 1. The summed E-state index contributed by atoms with van der Waals surface area (Å²) in [5.41, 5.74) is 0.732. The van der Waals surface area contributed by atoms with Crippen molar-refractivity contribution in [1.29, 1.82) is 0 Å². The lowest BCUT2D eigenvalue weighted by Gasteiger charge is -2.32. The zero-order valence-corrected chi connectivity index (χ0v) is 15.9. The maximum atomic E-state index is 13.4. The number of thiazole rings is 1. The number of aromatic nitrogens is 1. The van der Waals surface area contributed by atoms with E-state index in [1.54, 1.807) is 12.1 Å². The first-order chi connectivity index (χ1) is 12.4. The van der Waals surface area contributed by atoms with E-state index in [0.29, 0.717) is 30.3 Å². The van der Waals surface area contributed by atoms with Crippen LogP contribution in [0.1, 0.15) is 46.6 Å². The molecule has 0 bridgehead atoms. The summed E-state index contributed by atoms with van der Waals surface area (Å²) < 4.78 is 24.8. The van der Waals surface area contributed by atoms with Crippen LogP contribution in [-0.2, 0) is 4.74 Å². The summed E-state index contributed by atoms with van der Waals surface area (Å²) in [6.07, 6.45) is 0.354. The van der Waals surface area contributed by atoms with Crippen molar-refractivity contribution >= 4 is 17.2 Å². The van der Waals surface area contributed by atoms with Gasteiger partial charge in [0.05, 0.1) is 30.0 Å². The molecule has 1 saturated heterocycles. The van der Waals surface area contributed by atoms with Crippen LogP contribution in [0.15, 0.2) is 24.3 Å². The molecule has 1 aliphatic rings. The highest BCUT2D eigenvalue weighted by Crippen LogP contribution is 2.25. The molecule has 3 rings (SSSR count). The second kappa shape index (κ2) is 8.14. The Morgan fingerprint density at radius 3 is 2.96 bits per heavy atom. The maximum Gasteiger partial charge on any atom is 0.263 e. The molecule has 1 aliphatic heterocycles. The van der Waals surface area contributed by atoms with Crippen LogP contribution in [0.25, 0.3) is 0 Å². The topological polar surface area (TPSA) is 60.5 Å². The van der Waals surface area contributed by atoms with Gasteiger partial charge in [-0.15, -0.1) is 11.3 Å². The fourth-order valence-corrected chi connectivity index (χ4v) is 3.79. The van der Waals surface area contributed by atoms with Gasteiger partial charge in [-0.25, -0.2) is 9.37 Å². The number of halogens is 1. The van der Waals surface area contributed by atoms with Gasteiger partial charge in [0.2, 0.25) is 0 Å². The molecule has 2 atom stereocenters. The minimum Gasteiger partial charge on any atom is -0.488 e. The van der Waals surface area contributed by atoms with E-state index in [9.17, 15) is 9.18 Å². The fourth-order valence-electron chi connectivity index (χ4n) is 2.82. The van der Waals surface area contributed by atoms with E-state index in [-0.39, 0.29) is 29.8 Å². The van der Waals surface area contributed by atoms with Gasteiger partial charge in [0.15, 0.2) is 0 Å². The molecule has 5 nitrogen and oxygen atoms in total. The van der Waals surface area contributed by atoms with E-state index in [0.717, 1.165) is 10.7 Å². The van der Waals surface area contributed by atoms with Crippen molar-refractivity contribution in [2.24, 2.45) is 0 Å². The van der Waals surface area contributed by atoms with Crippen LogP contribution in [0, 0.1) is 12.7 Å². The first-order valence-electron chi connectivity index (χ1n) is 8.72. The molecule has 140 valence electrons. The lowest BCUT2D eigenvalue weighted by Crippen LogP contribution is -2.51. The van der Waals surface area contributed by atoms with E-state index in [1.165, 1.54) is 23.5 Å². The lowest BCUT2D eigenvalue weighted by atomic mass is 10.1. The third-order valence-electron chi connectivity index (χ3n) is 4.21. The number of rotatable bonds is 5. The number of hydrogen-bond acceptors (Lipinski definition) is 5. The Kier molecular flexibility index (Phi) is 5.88. The van der Waals surface area contributed by atoms with Gasteiger partial charge in [0.1, 0.15) is 22.5 Å². The van der Waals surface area contributed by atoms with E-state index >= 15 is 0 Å². The molecular weight excluding hydrogens is 355 g/mol. The summed E-state index contributed by atoms with van der Waals surface area (Å²) in [5, 5.41) is 3.95. The predicted molar refractivity (Wildman–Crippen MR) is 98.4 cm³/mol. The van der Waals surface area contributed by atoms with Crippen LogP contribution in [-0.4, -0.2) is 36.3 Å². The van der Waals surface area contributed by atoms with Crippen molar-refractivity contribution < 1.29 is 18.7 Å². The molecule has 1 aromatic carbocycles. The van der Waals surface area contributed by atoms with Gasteiger partial charge in [-0.3, -0.25) is 4.79 Å². The number of benzene rings is 1. The molecule has 0 saturated carbocycles. The van der Waals surface area contributed by atoms with Gasteiger partial charge in [0, 0.05) is 18.4 Å². The Morgan fingerprint density at radius 1 is 1.46 bits per heavy atom. The minimum atomic E-state index is -0.350. The highest BCUT2D eigenvalue weighted by atomic mass is 32.1. The standard InChI is InChI=1S/C19H23FN2O3S/c1-11(2)19-21-12(3)17(26-19)18(23)22-15-10-24-8-7-16(15)25-14-6-4-5-13(20)9-14/h4-6,9,11,15-16H,7-8,10H2,1-3H3,(H,22,23)/t15-,16+/m1/s1. The molecule has 0 unspecified atom stereocenters. The zero-order valence-electron chi connectivity index (χ0n) is 15.1. The second-order valence-electron chi connectivity index (χ2n) is 6.68. The molecule has 2 aromatic rings. The monoisotopic (exact) mass is 378 g/mol. The van der Waals surface area contributed by atoms with Crippen LogP contribution in [0.4, 0.5) is 4.39 Å². The summed E-state index contributed by atoms with van der Waals surface area (Å²) in [4.78, 5) is 17.8. The quantitative estimate of drug-likeness (QED) is 0.862. The van der Waals surface area contributed by atoms with Crippen LogP contribution in [0.5, 0.6) is 5.75 Å². The number of ether oxygens (including phenoxy) is 2. The normalized spacial score (nSPS) is 20.2. The lowest BCUT2D eigenvalue weighted by molar-refractivity contribution is -0.00293. The summed E-state index contributed by atoms with van der Waals surface area (Å²) in [6, 6.07) is 5.72. The summed E-state index contributed by atoms with van der Waals surface area (Å²) in [7, 11) is 0. The van der Waals surface area contributed by atoms with Crippen molar-refractivity contribution in [2.45, 2.75) is 45.3 Å². The van der Waals surface area contributed by atoms with Gasteiger partial charge in [0.25, 0.3) is 5.91 Å². The predicted octanol–water partition coefficient (Wildman–Crippen LogP) is 3.68. The Balaban J connectivity index is 1.71. The van der Waals surface area contributed by atoms with Gasteiger partial charge >= 0.3 is 0 Å². The molecule has 0 aliphatic carbocycles. The van der Waals surface area contributed by atoms with Crippen LogP contribution in [0.3, 0.4) is 0 Å². The van der Waals surface area contributed by atoms with E-state index in [4.69, 9.17) is 9.47 Å². The second-order valence-corrected chi connectivity index (χ2v) is 7.71. The third kappa shape index (κ3) is 4.40. The first kappa shape index (κ1) is 18.8. The number of hydrogen-bond donors (Lipinski definition) is 1. The fraction of sp³-hybridized carbons (Fsp3) is 0.474. The largest absolute Gasteiger partial charge is 0.488 e. The number of nitrogens with one attached hydrogen (secondary N) is 1. The molecule has 2 heterocycles. The van der Waals surface area contributed by atoms with Crippen LogP contribution in [0.2, 0.25) is 0 Å². The zero-order chi connectivity index (χ0) is 18.7. The van der Waals surface area contributed by atoms with Gasteiger partial charge in [-0.1, -0.05) is 19.9 Å². The maximum absolute atomic E-state index is 13.4. The number of carbonyl (C=O) groups excluding carboxylic acids is 1. The van der Waals surface area contributed by atoms with Gasteiger partial charge in [-0.2, -0.15) is 0 Å². The smallest absolute Gasteiger partial charge is 0.263 e. The Labute approximate surface area is 156 Å².